The van der Waals surface area contributed by atoms with Crippen molar-refractivity contribution in [3.8, 4) is 0 Å². The van der Waals surface area contributed by atoms with Crippen molar-refractivity contribution in [2.24, 2.45) is 40.4 Å². The molecular formula is C25H34O6. The molecule has 6 nitrogen and oxygen atoms in total. The Kier molecular flexibility index (Phi) is 4.16. The van der Waals surface area contributed by atoms with Crippen molar-refractivity contribution < 1.29 is 28.5 Å². The summed E-state index contributed by atoms with van der Waals surface area (Å²) in [6.07, 6.45) is 5.65. The molecule has 0 aromatic rings. The van der Waals surface area contributed by atoms with Crippen molar-refractivity contribution in [3.63, 3.8) is 0 Å². The minimum absolute atomic E-state index is 0.0116. The zero-order valence-corrected chi connectivity index (χ0v) is 19.1. The molecule has 2 spiro atoms. The van der Waals surface area contributed by atoms with Gasteiger partial charge in [-0.25, -0.2) is 0 Å². The molecule has 6 rings (SSSR count). The first-order chi connectivity index (χ1) is 14.7. The lowest BCUT2D eigenvalue weighted by Gasteiger charge is -2.60. The Hall–Kier alpha value is -1.08. The molecule has 3 saturated carbocycles. The fourth-order valence-electron chi connectivity index (χ4n) is 9.34. The molecule has 2 aliphatic heterocycles. The summed E-state index contributed by atoms with van der Waals surface area (Å²) in [6.45, 7) is 9.71. The predicted molar refractivity (Wildman–Crippen MR) is 111 cm³/mol. The lowest BCUT2D eigenvalue weighted by atomic mass is 9.44. The number of Topliss-reactive ketones (excluding diaryl/α,β-unsaturated/α-hetero) is 1. The number of hydrogen-bond acceptors (Lipinski definition) is 6. The van der Waals surface area contributed by atoms with Crippen LogP contribution >= 0.6 is 0 Å². The van der Waals surface area contributed by atoms with Gasteiger partial charge in [-0.2, -0.15) is 0 Å². The highest BCUT2D eigenvalue weighted by Gasteiger charge is 2.79. The van der Waals surface area contributed by atoms with Crippen LogP contribution in [0.5, 0.6) is 0 Å². The van der Waals surface area contributed by atoms with Gasteiger partial charge in [-0.3, -0.25) is 9.59 Å². The second-order valence-corrected chi connectivity index (χ2v) is 11.6. The van der Waals surface area contributed by atoms with E-state index in [2.05, 4.69) is 27.7 Å². The van der Waals surface area contributed by atoms with Crippen LogP contribution in [0.2, 0.25) is 0 Å². The molecule has 2 heterocycles. The smallest absolute Gasteiger partial charge is 0.227 e. The number of ether oxygens (including phenoxy) is 4. The van der Waals surface area contributed by atoms with Crippen molar-refractivity contribution in [1.82, 2.24) is 0 Å². The van der Waals surface area contributed by atoms with E-state index in [9.17, 15) is 9.59 Å². The monoisotopic (exact) mass is 430 g/mol. The van der Waals surface area contributed by atoms with Gasteiger partial charge >= 0.3 is 0 Å². The van der Waals surface area contributed by atoms with Crippen molar-refractivity contribution in [3.05, 3.63) is 11.6 Å². The maximum atomic E-state index is 14.0. The van der Waals surface area contributed by atoms with E-state index in [0.29, 0.717) is 43.0 Å². The van der Waals surface area contributed by atoms with Gasteiger partial charge in [0.2, 0.25) is 5.79 Å². The summed E-state index contributed by atoms with van der Waals surface area (Å²) >= 11 is 0. The van der Waals surface area contributed by atoms with Gasteiger partial charge in [0.1, 0.15) is 18.0 Å². The van der Waals surface area contributed by atoms with E-state index in [-0.39, 0.29) is 42.0 Å². The van der Waals surface area contributed by atoms with E-state index < -0.39 is 11.4 Å². The van der Waals surface area contributed by atoms with Gasteiger partial charge in [-0.05, 0) is 54.4 Å². The fraction of sp³-hybridized carbons (Fsp3) is 0.840. The summed E-state index contributed by atoms with van der Waals surface area (Å²) in [5.41, 5.74) is -0.0285. The molecular weight excluding hydrogens is 396 g/mol. The Balaban J connectivity index is 1.46. The number of carbonyl (C=O) groups is 2. The number of carbonyl (C=O) groups excluding carboxylic acids is 2. The third-order valence-corrected chi connectivity index (χ3v) is 10.3. The maximum Gasteiger partial charge on any atom is 0.227 e. The van der Waals surface area contributed by atoms with Gasteiger partial charge in [0, 0.05) is 24.2 Å². The molecule has 31 heavy (non-hydrogen) atoms. The number of hydrogen-bond donors (Lipinski definition) is 0. The molecule has 5 fully saturated rings. The summed E-state index contributed by atoms with van der Waals surface area (Å²) in [5.74, 6) is 0.781. The molecule has 0 radical (unpaired) electrons. The summed E-state index contributed by atoms with van der Waals surface area (Å²) in [6, 6.07) is 0. The second kappa shape index (κ2) is 6.28. The third kappa shape index (κ3) is 2.23. The van der Waals surface area contributed by atoms with Crippen molar-refractivity contribution in [2.75, 3.05) is 20.2 Å². The molecule has 170 valence electrons. The lowest BCUT2D eigenvalue weighted by molar-refractivity contribution is -0.256. The van der Waals surface area contributed by atoms with E-state index in [1.165, 1.54) is 5.57 Å². The Morgan fingerprint density at radius 3 is 2.55 bits per heavy atom. The average Bonchev–Trinajstić information content (AvgIpc) is 3.39. The van der Waals surface area contributed by atoms with Crippen molar-refractivity contribution >= 4 is 11.6 Å². The van der Waals surface area contributed by atoms with E-state index in [4.69, 9.17) is 18.9 Å². The van der Waals surface area contributed by atoms with Crippen LogP contribution in [0.1, 0.15) is 59.8 Å². The Labute approximate surface area is 184 Å². The first-order valence-corrected chi connectivity index (χ1v) is 12.0. The highest BCUT2D eigenvalue weighted by atomic mass is 16.9. The molecule has 0 aromatic heterocycles. The Morgan fingerprint density at radius 2 is 1.81 bits per heavy atom. The zero-order chi connectivity index (χ0) is 21.8. The van der Waals surface area contributed by atoms with Crippen LogP contribution < -0.4 is 0 Å². The topological polar surface area (TPSA) is 71.1 Å². The summed E-state index contributed by atoms with van der Waals surface area (Å²) in [7, 11) is 0. The first-order valence-electron chi connectivity index (χ1n) is 12.0. The zero-order valence-electron chi connectivity index (χ0n) is 19.1. The second-order valence-electron chi connectivity index (χ2n) is 11.6. The van der Waals surface area contributed by atoms with Crippen LogP contribution in [-0.2, 0) is 28.5 Å². The van der Waals surface area contributed by atoms with Gasteiger partial charge < -0.3 is 18.9 Å². The molecule has 6 aliphatic rings. The molecule has 2 saturated heterocycles. The van der Waals surface area contributed by atoms with E-state index >= 15 is 0 Å². The van der Waals surface area contributed by atoms with Crippen molar-refractivity contribution in [1.29, 1.82) is 0 Å². The number of allylic oxidation sites excluding steroid dienone is 1. The van der Waals surface area contributed by atoms with E-state index in [1.54, 1.807) is 0 Å². The number of rotatable bonds is 0. The van der Waals surface area contributed by atoms with Crippen LogP contribution in [0.4, 0.5) is 0 Å². The van der Waals surface area contributed by atoms with Crippen LogP contribution in [0.3, 0.4) is 0 Å². The van der Waals surface area contributed by atoms with Gasteiger partial charge in [0.15, 0.2) is 19.4 Å². The average molecular weight is 431 g/mol. The quantitative estimate of drug-likeness (QED) is 0.584. The van der Waals surface area contributed by atoms with Gasteiger partial charge in [-0.1, -0.05) is 33.3 Å². The molecule has 0 aromatic carbocycles. The SMILES string of the molecule is C[C@@H]1CC2C3C[C@H](C)C4=CC(=O)CC[C@]4(C)[C@H]3C(=O)C[C@]2(C)[C@@]12OCOC21COCO1. The molecule has 6 heteroatoms. The number of ketones is 2. The summed E-state index contributed by atoms with van der Waals surface area (Å²) < 4.78 is 24.3. The van der Waals surface area contributed by atoms with Crippen molar-refractivity contribution in [2.45, 2.75) is 71.2 Å². The molecule has 0 amide bonds. The highest BCUT2D eigenvalue weighted by Crippen LogP contribution is 2.72. The Morgan fingerprint density at radius 1 is 1.03 bits per heavy atom. The molecule has 0 N–H and O–H groups in total. The van der Waals surface area contributed by atoms with Crippen LogP contribution in [0.15, 0.2) is 11.6 Å². The largest absolute Gasteiger partial charge is 0.350 e. The van der Waals surface area contributed by atoms with E-state index in [1.807, 2.05) is 6.08 Å². The first kappa shape index (κ1) is 20.5. The third-order valence-electron chi connectivity index (χ3n) is 10.3. The minimum Gasteiger partial charge on any atom is -0.350 e. The van der Waals surface area contributed by atoms with Gasteiger partial charge in [0.05, 0.1) is 0 Å². The lowest BCUT2D eigenvalue weighted by Crippen LogP contribution is -2.67. The van der Waals surface area contributed by atoms with E-state index in [0.717, 1.165) is 19.3 Å². The summed E-state index contributed by atoms with van der Waals surface area (Å²) in [4.78, 5) is 26.2. The minimum atomic E-state index is -0.921. The van der Waals surface area contributed by atoms with Crippen LogP contribution in [0, 0.1) is 40.4 Å². The summed E-state index contributed by atoms with van der Waals surface area (Å²) in [5, 5.41) is 0. The van der Waals surface area contributed by atoms with Gasteiger partial charge in [-0.15, -0.1) is 0 Å². The van der Waals surface area contributed by atoms with Crippen LogP contribution in [-0.4, -0.2) is 43.1 Å². The number of fused-ring (bicyclic) bond motifs is 7. The molecule has 3 unspecified atom stereocenters. The molecule has 4 aliphatic carbocycles. The highest BCUT2D eigenvalue weighted by molar-refractivity contribution is 5.93. The normalized spacial score (nSPS) is 56.0. The van der Waals surface area contributed by atoms with Gasteiger partial charge in [0.25, 0.3) is 0 Å². The Bertz CT molecular complexity index is 868. The fourth-order valence-corrected chi connectivity index (χ4v) is 9.34. The molecule has 0 bridgehead atoms. The molecule has 9 atom stereocenters. The predicted octanol–water partition coefficient (Wildman–Crippen LogP) is 3.63. The standard InChI is InChI=1S/C25H34O6/c1-14-7-17-19-8-15(2)25(24(30-13-31-25)11-28-12-29-24)23(19,4)10-20(27)21(17)22(3)6-5-16(26)9-18(14)22/h9,14-15,17,19,21H,5-8,10-13H2,1-4H3/t14-,15+,17?,19?,21+,22-,23-,24?,25-/m0/s1. The maximum absolute atomic E-state index is 14.0. The van der Waals surface area contributed by atoms with Crippen LogP contribution in [0.25, 0.3) is 0 Å².